The minimum Gasteiger partial charge on any atom is -0.430 e. The fourth-order valence-electron chi connectivity index (χ4n) is 2.14. The summed E-state index contributed by atoms with van der Waals surface area (Å²) in [5.74, 6) is 0. The zero-order chi connectivity index (χ0) is 18.1. The van der Waals surface area contributed by atoms with Crippen molar-refractivity contribution >= 4 is 30.4 Å². The molecule has 0 saturated carbocycles. The van der Waals surface area contributed by atoms with Crippen molar-refractivity contribution in [3.8, 4) is 0 Å². The quantitative estimate of drug-likeness (QED) is 0.663. The Labute approximate surface area is 139 Å². The second kappa shape index (κ2) is 6.67. The molecule has 0 fully saturated rings. The van der Waals surface area contributed by atoms with Gasteiger partial charge in [-0.2, -0.15) is 13.2 Å². The maximum absolute atomic E-state index is 12.8. The predicted molar refractivity (Wildman–Crippen MR) is 95.9 cm³/mol. The summed E-state index contributed by atoms with van der Waals surface area (Å²) in [7, 11) is -6.94. The van der Waals surface area contributed by atoms with Gasteiger partial charge in [-0.3, -0.25) is 0 Å². The molecule has 0 bridgehead atoms. The van der Waals surface area contributed by atoms with Crippen LogP contribution in [-0.2, 0) is 14.4 Å². The van der Waals surface area contributed by atoms with E-state index in [4.69, 9.17) is 8.23 Å². The van der Waals surface area contributed by atoms with Crippen LogP contribution in [0, 0.1) is 0 Å². The van der Waals surface area contributed by atoms with Crippen LogP contribution >= 0.6 is 0 Å². The van der Waals surface area contributed by atoms with Gasteiger partial charge in [0.15, 0.2) is 16.6 Å². The van der Waals surface area contributed by atoms with Gasteiger partial charge in [-0.05, 0) is 62.3 Å². The topological polar surface area (TPSA) is 18.5 Å². The van der Waals surface area contributed by atoms with E-state index in [9.17, 15) is 13.2 Å². The van der Waals surface area contributed by atoms with Gasteiger partial charge >= 0.3 is 14.7 Å². The van der Waals surface area contributed by atoms with Gasteiger partial charge in [0, 0.05) is 0 Å². The maximum Gasteiger partial charge on any atom is 0.416 e. The zero-order valence-corrected chi connectivity index (χ0v) is 17.5. The largest absolute Gasteiger partial charge is 0.430 e. The van der Waals surface area contributed by atoms with Crippen LogP contribution in [0.1, 0.15) is 5.56 Å². The lowest BCUT2D eigenvalue weighted by Gasteiger charge is -2.39. The minimum absolute atomic E-state index is 0.672. The van der Waals surface area contributed by atoms with E-state index in [1.807, 2.05) is 39.3 Å². The normalized spacial score (nSPS) is 14.0. The number of rotatable bonds is 6. The van der Waals surface area contributed by atoms with E-state index in [0.29, 0.717) is 5.19 Å². The molecule has 130 valence electrons. The average Bonchev–Trinajstić information content (AvgIpc) is 2.33. The third-order valence-electron chi connectivity index (χ3n) is 2.80. The van der Waals surface area contributed by atoms with Gasteiger partial charge in [-0.25, -0.2) is 0 Å². The molecule has 1 rings (SSSR count). The molecule has 0 saturated heterocycles. The molecule has 0 aliphatic rings. The molecule has 0 N–H and O–H groups in total. The number of halogens is 3. The highest BCUT2D eigenvalue weighted by Gasteiger charge is 2.44. The molecule has 0 aliphatic heterocycles. The van der Waals surface area contributed by atoms with Crippen LogP contribution < -0.4 is 5.19 Å². The number of alkyl halides is 3. The summed E-state index contributed by atoms with van der Waals surface area (Å²) in [4.78, 5) is 0. The Bertz CT molecular complexity index is 527. The summed E-state index contributed by atoms with van der Waals surface area (Å²) in [6.45, 7) is 16.1. The van der Waals surface area contributed by atoms with Crippen LogP contribution in [0.25, 0.3) is 0 Å². The fourth-order valence-corrected chi connectivity index (χ4v) is 12.4. The van der Waals surface area contributed by atoms with Crippen LogP contribution in [0.4, 0.5) is 13.2 Å². The first-order chi connectivity index (χ1) is 10.2. The average molecular weight is 379 g/mol. The molecule has 0 aliphatic carbocycles. The Morgan fingerprint density at radius 3 is 1.52 bits per heavy atom. The third-order valence-corrected chi connectivity index (χ3v) is 11.8. The van der Waals surface area contributed by atoms with E-state index in [1.54, 1.807) is 5.70 Å². The van der Waals surface area contributed by atoms with Gasteiger partial charge in [0.25, 0.3) is 0 Å². The molecule has 23 heavy (non-hydrogen) atoms. The van der Waals surface area contributed by atoms with Crippen molar-refractivity contribution < 1.29 is 21.4 Å². The van der Waals surface area contributed by atoms with E-state index in [2.05, 4.69) is 6.58 Å². The second-order valence-electron chi connectivity index (χ2n) is 7.38. The lowest BCUT2D eigenvalue weighted by molar-refractivity contribution is -0.137. The number of hydrogen-bond acceptors (Lipinski definition) is 2. The first-order valence-electron chi connectivity index (χ1n) is 7.40. The summed E-state index contributed by atoms with van der Waals surface area (Å²) < 4.78 is 51.1. The van der Waals surface area contributed by atoms with Crippen molar-refractivity contribution in [3.63, 3.8) is 0 Å². The Balaban J connectivity index is 3.36. The molecule has 1 aromatic rings. The highest BCUT2D eigenvalue weighted by molar-refractivity contribution is 6.97. The van der Waals surface area contributed by atoms with Gasteiger partial charge < -0.3 is 8.23 Å². The van der Waals surface area contributed by atoms with E-state index >= 15 is 0 Å². The second-order valence-corrected chi connectivity index (χ2v) is 19.8. The maximum atomic E-state index is 12.8. The Hall–Kier alpha value is -0.679. The molecule has 2 nitrogen and oxygen atoms in total. The molecule has 0 heterocycles. The Morgan fingerprint density at radius 2 is 1.26 bits per heavy atom. The van der Waals surface area contributed by atoms with E-state index in [0.717, 1.165) is 12.1 Å². The fraction of sp³-hybridized carbons (Fsp3) is 0.467. The van der Waals surface area contributed by atoms with Crippen molar-refractivity contribution in [2.45, 2.75) is 45.5 Å². The van der Waals surface area contributed by atoms with Gasteiger partial charge in [-0.1, -0.05) is 12.1 Å². The minimum atomic E-state index is -4.35. The van der Waals surface area contributed by atoms with Crippen molar-refractivity contribution in [2.24, 2.45) is 0 Å². The van der Waals surface area contributed by atoms with Crippen molar-refractivity contribution in [3.05, 3.63) is 42.1 Å². The first-order valence-corrected chi connectivity index (χ1v) is 16.1. The number of benzene rings is 1. The lowest BCUT2D eigenvalue weighted by Crippen LogP contribution is -2.61. The van der Waals surface area contributed by atoms with E-state index in [-0.39, 0.29) is 0 Å². The van der Waals surface area contributed by atoms with Crippen molar-refractivity contribution in [1.29, 1.82) is 0 Å². The van der Waals surface area contributed by atoms with Crippen molar-refractivity contribution in [1.82, 2.24) is 0 Å². The molecule has 0 amide bonds. The van der Waals surface area contributed by atoms with Gasteiger partial charge in [0.05, 0.1) is 5.56 Å². The molecule has 0 spiro atoms. The highest BCUT2D eigenvalue weighted by atomic mass is 28.5. The van der Waals surface area contributed by atoms with Gasteiger partial charge in [-0.15, -0.1) is 6.58 Å². The molecule has 0 radical (unpaired) electrons. The number of hydrogen-bond donors (Lipinski definition) is 0. The molecule has 8 heteroatoms. The standard InChI is InChI=1S/C15H25F3O2Si3/c1-8-23(19-21(2,3)4,20-22(5,6)7)14-11-9-13(10-12-14)15(16,17)18/h8-12H,1H2,2-7H3. The van der Waals surface area contributed by atoms with Crippen LogP contribution in [0.2, 0.25) is 39.3 Å². The zero-order valence-electron chi connectivity index (χ0n) is 14.5. The summed E-state index contributed by atoms with van der Waals surface area (Å²) >= 11 is 0. The van der Waals surface area contributed by atoms with Crippen LogP contribution in [0.3, 0.4) is 0 Å². The SMILES string of the molecule is C=C[Si](O[Si](C)(C)C)(O[Si](C)(C)C)c1ccc(C(F)(F)F)cc1. The molecular weight excluding hydrogens is 353 g/mol. The smallest absolute Gasteiger partial charge is 0.416 e. The van der Waals surface area contributed by atoms with E-state index < -0.39 is 36.9 Å². The van der Waals surface area contributed by atoms with Crippen LogP contribution in [-0.4, -0.2) is 25.2 Å². The van der Waals surface area contributed by atoms with Crippen LogP contribution in [0.15, 0.2) is 36.5 Å². The highest BCUT2D eigenvalue weighted by Crippen LogP contribution is 2.29. The Kier molecular flexibility index (Phi) is 5.91. The summed E-state index contributed by atoms with van der Waals surface area (Å²) in [6.07, 6.45) is -4.35. The molecule has 0 unspecified atom stereocenters. The van der Waals surface area contributed by atoms with Gasteiger partial charge in [0.1, 0.15) is 0 Å². The summed E-state index contributed by atoms with van der Waals surface area (Å²) in [5, 5.41) is 0.672. The predicted octanol–water partition coefficient (Wildman–Crippen LogP) is 4.78. The summed E-state index contributed by atoms with van der Waals surface area (Å²) in [6, 6.07) is 5.11. The third kappa shape index (κ3) is 6.03. The Morgan fingerprint density at radius 1 is 0.870 bits per heavy atom. The summed E-state index contributed by atoms with van der Waals surface area (Å²) in [5.41, 5.74) is 1.01. The molecule has 0 atom stereocenters. The van der Waals surface area contributed by atoms with Crippen LogP contribution in [0.5, 0.6) is 0 Å². The monoisotopic (exact) mass is 378 g/mol. The van der Waals surface area contributed by atoms with Gasteiger partial charge in [0.2, 0.25) is 0 Å². The molecule has 1 aromatic carbocycles. The molecule has 0 aromatic heterocycles. The molecular formula is C15H25F3O2Si3. The van der Waals surface area contributed by atoms with Crippen molar-refractivity contribution in [2.75, 3.05) is 0 Å². The lowest BCUT2D eigenvalue weighted by atomic mass is 10.2. The first kappa shape index (κ1) is 20.4. The van der Waals surface area contributed by atoms with E-state index in [1.165, 1.54) is 12.1 Å².